The minimum Gasteiger partial charge on any atom is -0.457 e. The SMILES string of the molecule is COC(=O)Cl.COC(=O)NCC1(c2ccccc2)CCC1.NCC1(c2ccccc2)CCC1.O=C1NCC2(CCC2)c2ccccc21.[C-]#[N+]C1(c2ccccc2)CCC1.c1ccc2c(c1)CNCC21CCC1. The van der Waals surface area contributed by atoms with E-state index < -0.39 is 5.43 Å². The zero-order valence-corrected chi connectivity index (χ0v) is 43.1. The Hall–Kier alpha value is -5.99. The van der Waals surface area contributed by atoms with Gasteiger partial charge in [0.2, 0.25) is 0 Å². The van der Waals surface area contributed by atoms with E-state index in [0.29, 0.717) is 17.4 Å². The van der Waals surface area contributed by atoms with E-state index in [1.165, 1.54) is 119 Å². The van der Waals surface area contributed by atoms with Gasteiger partial charge < -0.3 is 36.0 Å². The van der Waals surface area contributed by atoms with Crippen LogP contribution in [-0.4, -0.2) is 57.8 Å². The predicted molar refractivity (Wildman–Crippen MR) is 288 cm³/mol. The highest BCUT2D eigenvalue weighted by Gasteiger charge is 2.46. The molecule has 5 N–H and O–H groups in total. The molecular weight excluding hydrogens is 918 g/mol. The van der Waals surface area contributed by atoms with Gasteiger partial charge in [-0.05, 0) is 91.7 Å². The van der Waals surface area contributed by atoms with Gasteiger partial charge >= 0.3 is 11.5 Å². The fourth-order valence-corrected chi connectivity index (χ4v) is 11.4. The lowest BCUT2D eigenvalue weighted by Gasteiger charge is -2.46. The van der Waals surface area contributed by atoms with Gasteiger partial charge in [-0.3, -0.25) is 4.79 Å². The van der Waals surface area contributed by atoms with Crippen molar-refractivity contribution in [3.8, 4) is 0 Å². The van der Waals surface area contributed by atoms with Crippen molar-refractivity contribution in [2.75, 3.05) is 40.4 Å². The van der Waals surface area contributed by atoms with Gasteiger partial charge in [0, 0.05) is 90.0 Å². The van der Waals surface area contributed by atoms with Crippen LogP contribution in [0.1, 0.15) is 140 Å². The van der Waals surface area contributed by atoms with Crippen LogP contribution in [0, 0.1) is 6.57 Å². The van der Waals surface area contributed by atoms with Crippen LogP contribution in [0.25, 0.3) is 4.85 Å². The van der Waals surface area contributed by atoms with E-state index in [1.807, 2.05) is 54.6 Å². The molecule has 5 fully saturated rings. The summed E-state index contributed by atoms with van der Waals surface area (Å²) < 4.78 is 8.48. The summed E-state index contributed by atoms with van der Waals surface area (Å²) in [5.41, 5.74) is 15.4. The van der Waals surface area contributed by atoms with E-state index >= 15 is 0 Å². The Balaban J connectivity index is 0.000000129. The average molecular weight is 993 g/mol. The van der Waals surface area contributed by atoms with Crippen molar-refractivity contribution in [1.82, 2.24) is 16.0 Å². The first-order chi connectivity index (χ1) is 35.0. The highest BCUT2D eigenvalue weighted by atomic mass is 35.5. The number of hydrogen-bond donors (Lipinski definition) is 4. The summed E-state index contributed by atoms with van der Waals surface area (Å²) in [7, 11) is 2.61. The third-order valence-corrected chi connectivity index (χ3v) is 16.9. The maximum absolute atomic E-state index is 11.6. The van der Waals surface area contributed by atoms with Crippen LogP contribution >= 0.6 is 11.6 Å². The first kappa shape index (κ1) is 53.8. The Morgan fingerprint density at radius 3 is 1.51 bits per heavy atom. The van der Waals surface area contributed by atoms with E-state index in [-0.39, 0.29) is 28.4 Å². The Labute approximate surface area is 433 Å². The van der Waals surface area contributed by atoms with Gasteiger partial charge in [-0.1, -0.05) is 159 Å². The smallest absolute Gasteiger partial charge is 0.406 e. The minimum absolute atomic E-state index is 0.0955. The van der Waals surface area contributed by atoms with Crippen LogP contribution in [0.15, 0.2) is 140 Å². The number of hydrogen-bond acceptors (Lipinski definition) is 7. The Bertz CT molecular complexity index is 2560. The molecule has 11 heteroatoms. The van der Waals surface area contributed by atoms with Crippen molar-refractivity contribution in [3.05, 3.63) is 190 Å². The van der Waals surface area contributed by atoms with Crippen molar-refractivity contribution in [2.24, 2.45) is 5.73 Å². The maximum Gasteiger partial charge on any atom is 0.406 e. The standard InChI is InChI=1S/C13H17NO2.C12H13NO.C12H15N.C11H11N.C11H15N.C2H3ClO2/c1-16-12(15)14-10-13(8-5-9-13)11-6-3-2-4-7-11;14-11-9-4-1-2-5-10(9)12(8-13-11)6-3-7-12;1-2-5-11-10(4-1)8-13-9-12(11)6-3-7-12;1-12-11(8-5-9-11)10-6-3-2-4-7-10;12-9-11(7-4-8-11)10-5-2-1-3-6-10;1-5-2(3)4/h2-4,6-7H,5,8-10H2,1H3,(H,14,15);1-2,4-5H,3,6-8H2,(H,13,14);1-2,4-5,13H,3,6-9H2;2-4,6-7H,5,8-9H2;1-3,5-6H,4,7-9,12H2;1H3. The summed E-state index contributed by atoms with van der Waals surface area (Å²) >= 11 is 4.60. The molecule has 2 spiro atoms. The third-order valence-electron chi connectivity index (χ3n) is 16.7. The zero-order valence-electron chi connectivity index (χ0n) is 42.4. The van der Waals surface area contributed by atoms with Crippen molar-refractivity contribution in [3.63, 3.8) is 0 Å². The summed E-state index contributed by atoms with van der Waals surface area (Å²) in [6.45, 7) is 11.7. The van der Waals surface area contributed by atoms with Crippen LogP contribution < -0.4 is 21.7 Å². The van der Waals surface area contributed by atoms with Gasteiger partial charge in [0.05, 0.1) is 14.2 Å². The third kappa shape index (κ3) is 12.4. The fourth-order valence-electron chi connectivity index (χ4n) is 11.4. The molecule has 2 aliphatic heterocycles. The van der Waals surface area contributed by atoms with Crippen LogP contribution in [-0.2, 0) is 43.2 Å². The molecule has 0 saturated heterocycles. The van der Waals surface area contributed by atoms with E-state index in [2.05, 4.69) is 127 Å². The molecule has 0 atom stereocenters. The highest BCUT2D eigenvalue weighted by Crippen LogP contribution is 2.48. The molecule has 0 radical (unpaired) electrons. The summed E-state index contributed by atoms with van der Waals surface area (Å²) in [5, 5.41) is 9.34. The second-order valence-electron chi connectivity index (χ2n) is 20.6. The summed E-state index contributed by atoms with van der Waals surface area (Å²) in [6, 6.07) is 48.2. The fraction of sp³-hybridized carbons (Fsp3) is 0.443. The molecule has 7 aliphatic rings. The molecule has 5 aliphatic carbocycles. The number of carbonyl (C=O) groups excluding carboxylic acids is 3. The zero-order chi connectivity index (χ0) is 50.9. The largest absolute Gasteiger partial charge is 0.457 e. The Morgan fingerprint density at radius 1 is 0.611 bits per heavy atom. The molecule has 380 valence electrons. The molecule has 5 aromatic carbocycles. The Kier molecular flexibility index (Phi) is 18.8. The molecule has 2 amide bonds. The summed E-state index contributed by atoms with van der Waals surface area (Å²) in [4.78, 5) is 35.8. The van der Waals surface area contributed by atoms with Gasteiger partial charge in [-0.2, -0.15) is 0 Å². The van der Waals surface area contributed by atoms with Crippen LogP contribution in [0.2, 0.25) is 0 Å². The monoisotopic (exact) mass is 992 g/mol. The van der Waals surface area contributed by atoms with E-state index in [9.17, 15) is 14.4 Å². The number of nitrogens with zero attached hydrogens (tertiary/aromatic N) is 1. The number of rotatable bonds is 6. The second kappa shape index (κ2) is 25.1. The molecule has 0 unspecified atom stereocenters. The molecule has 0 aromatic heterocycles. The molecule has 12 rings (SSSR count). The Morgan fingerprint density at radius 2 is 1.07 bits per heavy atom. The number of fused-ring (bicyclic) bond motifs is 4. The number of nitrogens with two attached hydrogens (primary N) is 1. The number of alkyl carbamates (subject to hydrolysis) is 1. The van der Waals surface area contributed by atoms with Crippen molar-refractivity contribution >= 4 is 29.0 Å². The maximum atomic E-state index is 11.6. The molecular formula is C61H74ClN5O5. The minimum atomic E-state index is -0.773. The van der Waals surface area contributed by atoms with Crippen LogP contribution in [0.5, 0.6) is 0 Å². The van der Waals surface area contributed by atoms with Gasteiger partial charge in [0.15, 0.2) is 0 Å². The van der Waals surface area contributed by atoms with Gasteiger partial charge in [0.25, 0.3) is 11.4 Å². The number of carbonyl (C=O) groups is 3. The van der Waals surface area contributed by atoms with Gasteiger partial charge in [0.1, 0.15) is 0 Å². The number of benzene rings is 5. The molecule has 72 heavy (non-hydrogen) atoms. The number of nitrogens with one attached hydrogen (secondary N) is 3. The van der Waals surface area contributed by atoms with Crippen molar-refractivity contribution < 1.29 is 23.9 Å². The normalized spacial score (nSPS) is 19.5. The number of ether oxygens (including phenoxy) is 2. The number of methoxy groups -OCH3 is 2. The molecule has 5 aromatic rings. The molecule has 5 saturated carbocycles. The topological polar surface area (TPSA) is 136 Å². The van der Waals surface area contributed by atoms with E-state index in [0.717, 1.165) is 50.9 Å². The lowest BCUT2D eigenvalue weighted by Crippen LogP contribution is -2.50. The van der Waals surface area contributed by atoms with Gasteiger partial charge in [-0.15, -0.1) is 0 Å². The lowest BCUT2D eigenvalue weighted by molar-refractivity contribution is 0.0895. The molecule has 10 nitrogen and oxygen atoms in total. The van der Waals surface area contributed by atoms with Crippen molar-refractivity contribution in [2.45, 2.75) is 130 Å². The quantitative estimate of drug-likeness (QED) is 0.0982. The molecule has 0 bridgehead atoms. The van der Waals surface area contributed by atoms with Crippen molar-refractivity contribution in [1.29, 1.82) is 0 Å². The van der Waals surface area contributed by atoms with Gasteiger partial charge in [-0.25, -0.2) is 16.2 Å². The number of amides is 2. The highest BCUT2D eigenvalue weighted by molar-refractivity contribution is 6.61. The average Bonchev–Trinajstić information content (AvgIpc) is 3.37. The van der Waals surface area contributed by atoms with E-state index in [4.69, 9.17) is 12.3 Å². The first-order valence-electron chi connectivity index (χ1n) is 26.0. The second-order valence-corrected chi connectivity index (χ2v) is 20.9. The molecule has 2 heterocycles. The predicted octanol–water partition coefficient (Wildman–Crippen LogP) is 12.6. The lowest BCUT2D eigenvalue weighted by atomic mass is 9.62. The summed E-state index contributed by atoms with van der Waals surface area (Å²) in [6.07, 6.45) is 18.3. The van der Waals surface area contributed by atoms with E-state index in [1.54, 1.807) is 5.56 Å². The number of halogens is 1. The first-order valence-corrected chi connectivity index (χ1v) is 26.4. The van der Waals surface area contributed by atoms with Crippen LogP contribution in [0.3, 0.4) is 0 Å². The van der Waals surface area contributed by atoms with Crippen LogP contribution in [0.4, 0.5) is 9.59 Å². The summed E-state index contributed by atoms with van der Waals surface area (Å²) in [5.74, 6) is 0.0955.